The second kappa shape index (κ2) is 9.73. The molecule has 6 rings (SSSR count). The van der Waals surface area contributed by atoms with E-state index in [1.165, 1.54) is 31.7 Å². The number of aromatic nitrogens is 2. The summed E-state index contributed by atoms with van der Waals surface area (Å²) < 4.78 is 0. The molecule has 0 bridgehead atoms. The van der Waals surface area contributed by atoms with Crippen molar-refractivity contribution in [1.29, 1.82) is 0 Å². The molecule has 36 heavy (non-hydrogen) atoms. The Morgan fingerprint density at radius 3 is 2.17 bits per heavy atom. The smallest absolute Gasteiger partial charge is 0.248 e. The molecule has 2 aliphatic rings. The van der Waals surface area contributed by atoms with Gasteiger partial charge in [-0.05, 0) is 88.3 Å². The number of anilines is 2. The van der Waals surface area contributed by atoms with E-state index >= 15 is 0 Å². The molecule has 0 radical (unpaired) electrons. The number of H-pyrrole nitrogens is 1. The minimum Gasteiger partial charge on any atom is -0.507 e. The van der Waals surface area contributed by atoms with Crippen LogP contribution in [0.1, 0.15) is 36.8 Å². The molecule has 2 aliphatic heterocycles. The van der Waals surface area contributed by atoms with Gasteiger partial charge in [0.15, 0.2) is 0 Å². The standard InChI is InChI=1S/C28H30ClN5O2/c29-20-5-6-22-24(15-20)31-23-7-8-25(35)32-27(23)26(22)30-21-13-18(16-33-9-1-2-10-33)28(36)19(14-21)17-34-11-3-4-12-34/h5-8,13-15,36H,1-4,9-12,16-17H2,(H,30,31)(H,32,35). The SMILES string of the molecule is O=c1ccc2nc3cc(Cl)ccc3c(Nc3cc(CN4CCCC4)c(O)c(CN4CCCC4)c3)c2[nH]1. The van der Waals surface area contributed by atoms with Crippen LogP contribution in [0.2, 0.25) is 5.02 Å². The fraction of sp³-hybridized carbons (Fsp3) is 0.357. The van der Waals surface area contributed by atoms with Crippen molar-refractivity contribution in [2.24, 2.45) is 0 Å². The van der Waals surface area contributed by atoms with Crippen molar-refractivity contribution >= 4 is 44.9 Å². The van der Waals surface area contributed by atoms with Crippen LogP contribution in [0.25, 0.3) is 21.9 Å². The molecule has 4 aromatic rings. The van der Waals surface area contributed by atoms with Crippen LogP contribution in [0.15, 0.2) is 47.3 Å². The van der Waals surface area contributed by atoms with Gasteiger partial charge in [0, 0.05) is 46.4 Å². The molecule has 2 aromatic heterocycles. The number of rotatable bonds is 6. The van der Waals surface area contributed by atoms with Gasteiger partial charge in [0.1, 0.15) is 5.75 Å². The topological polar surface area (TPSA) is 84.5 Å². The summed E-state index contributed by atoms with van der Waals surface area (Å²) >= 11 is 6.27. The number of halogens is 1. The number of likely N-dealkylation sites (tertiary alicyclic amines) is 2. The molecule has 7 nitrogen and oxygen atoms in total. The highest BCUT2D eigenvalue weighted by Crippen LogP contribution is 2.36. The van der Waals surface area contributed by atoms with E-state index in [-0.39, 0.29) is 5.56 Å². The molecule has 0 unspecified atom stereocenters. The van der Waals surface area contributed by atoms with Crippen molar-refractivity contribution in [3.8, 4) is 5.75 Å². The molecule has 0 aliphatic carbocycles. The Labute approximate surface area is 214 Å². The van der Waals surface area contributed by atoms with Gasteiger partial charge < -0.3 is 15.4 Å². The zero-order valence-electron chi connectivity index (χ0n) is 20.2. The summed E-state index contributed by atoms with van der Waals surface area (Å²) in [5, 5.41) is 16.3. The first-order valence-corrected chi connectivity index (χ1v) is 13.1. The van der Waals surface area contributed by atoms with E-state index < -0.39 is 0 Å². The van der Waals surface area contributed by atoms with E-state index in [0.717, 1.165) is 72.7 Å². The Bertz CT molecular complexity index is 1450. The molecule has 2 aromatic carbocycles. The fourth-order valence-corrected chi connectivity index (χ4v) is 5.70. The maximum Gasteiger partial charge on any atom is 0.248 e. The molecule has 186 valence electrons. The van der Waals surface area contributed by atoms with Gasteiger partial charge in [-0.15, -0.1) is 0 Å². The van der Waals surface area contributed by atoms with Crippen LogP contribution in [-0.4, -0.2) is 51.1 Å². The minimum atomic E-state index is -0.184. The van der Waals surface area contributed by atoms with Gasteiger partial charge in [-0.3, -0.25) is 14.6 Å². The first-order chi connectivity index (χ1) is 17.5. The Kier molecular flexibility index (Phi) is 6.29. The van der Waals surface area contributed by atoms with E-state index in [2.05, 4.69) is 20.1 Å². The highest BCUT2D eigenvalue weighted by atomic mass is 35.5. The first kappa shape index (κ1) is 23.3. The summed E-state index contributed by atoms with van der Waals surface area (Å²) in [6.45, 7) is 5.66. The number of phenolic OH excluding ortho intramolecular Hbond substituents is 1. The lowest BCUT2D eigenvalue weighted by molar-refractivity contribution is 0.312. The van der Waals surface area contributed by atoms with Crippen molar-refractivity contribution in [3.63, 3.8) is 0 Å². The second-order valence-electron chi connectivity index (χ2n) is 9.97. The van der Waals surface area contributed by atoms with Gasteiger partial charge in [-0.1, -0.05) is 11.6 Å². The molecule has 2 fully saturated rings. The van der Waals surface area contributed by atoms with Crippen LogP contribution in [-0.2, 0) is 13.1 Å². The maximum absolute atomic E-state index is 12.2. The predicted octanol–water partition coefficient (Wildman–Crippen LogP) is 5.37. The number of hydrogen-bond donors (Lipinski definition) is 3. The van der Waals surface area contributed by atoms with E-state index in [4.69, 9.17) is 16.6 Å². The predicted molar refractivity (Wildman–Crippen MR) is 145 cm³/mol. The largest absolute Gasteiger partial charge is 0.507 e. The lowest BCUT2D eigenvalue weighted by Crippen LogP contribution is -2.20. The van der Waals surface area contributed by atoms with Crippen LogP contribution in [0.3, 0.4) is 0 Å². The van der Waals surface area contributed by atoms with E-state index in [0.29, 0.717) is 21.8 Å². The Hall–Kier alpha value is -3.13. The molecule has 0 saturated carbocycles. The maximum atomic E-state index is 12.2. The van der Waals surface area contributed by atoms with E-state index in [1.807, 2.05) is 30.3 Å². The number of aromatic amines is 1. The Balaban J connectivity index is 1.47. The second-order valence-corrected chi connectivity index (χ2v) is 10.4. The number of nitrogens with one attached hydrogen (secondary N) is 2. The van der Waals surface area contributed by atoms with Crippen molar-refractivity contribution in [2.75, 3.05) is 31.5 Å². The Morgan fingerprint density at radius 1 is 0.889 bits per heavy atom. The summed E-state index contributed by atoms with van der Waals surface area (Å²) in [6, 6.07) is 12.9. The van der Waals surface area contributed by atoms with Crippen molar-refractivity contribution in [2.45, 2.75) is 38.8 Å². The van der Waals surface area contributed by atoms with Gasteiger partial charge in [0.05, 0.1) is 22.2 Å². The summed E-state index contributed by atoms with van der Waals surface area (Å²) in [4.78, 5) is 24.7. The molecule has 3 N–H and O–H groups in total. The summed E-state index contributed by atoms with van der Waals surface area (Å²) in [5.74, 6) is 0.393. The van der Waals surface area contributed by atoms with Crippen LogP contribution in [0, 0.1) is 0 Å². The number of phenols is 1. The summed E-state index contributed by atoms with van der Waals surface area (Å²) in [6.07, 6.45) is 4.79. The number of aromatic hydroxyl groups is 1. The molecule has 0 spiro atoms. The van der Waals surface area contributed by atoms with Crippen molar-refractivity contribution in [3.05, 3.63) is 69.0 Å². The summed E-state index contributed by atoms with van der Waals surface area (Å²) in [7, 11) is 0. The lowest BCUT2D eigenvalue weighted by atomic mass is 10.0. The monoisotopic (exact) mass is 503 g/mol. The third-order valence-corrected chi connectivity index (χ3v) is 7.57. The molecule has 0 amide bonds. The third-order valence-electron chi connectivity index (χ3n) is 7.34. The van der Waals surface area contributed by atoms with Gasteiger partial charge in [0.25, 0.3) is 0 Å². The molecule has 2 saturated heterocycles. The summed E-state index contributed by atoms with van der Waals surface area (Å²) in [5.41, 5.74) is 5.39. The van der Waals surface area contributed by atoms with E-state index in [1.54, 1.807) is 6.07 Å². The molecule has 8 heteroatoms. The lowest BCUT2D eigenvalue weighted by Gasteiger charge is -2.22. The zero-order chi connectivity index (χ0) is 24.6. The zero-order valence-corrected chi connectivity index (χ0v) is 20.9. The average molecular weight is 504 g/mol. The van der Waals surface area contributed by atoms with Crippen LogP contribution in [0.4, 0.5) is 11.4 Å². The van der Waals surface area contributed by atoms with Crippen LogP contribution < -0.4 is 10.9 Å². The van der Waals surface area contributed by atoms with Crippen LogP contribution >= 0.6 is 11.6 Å². The van der Waals surface area contributed by atoms with Crippen molar-refractivity contribution < 1.29 is 5.11 Å². The number of pyridine rings is 2. The fourth-order valence-electron chi connectivity index (χ4n) is 5.53. The van der Waals surface area contributed by atoms with Gasteiger partial charge in [-0.2, -0.15) is 0 Å². The van der Waals surface area contributed by atoms with E-state index in [9.17, 15) is 9.90 Å². The molecule has 4 heterocycles. The van der Waals surface area contributed by atoms with Gasteiger partial charge in [-0.25, -0.2) is 4.98 Å². The normalized spacial score (nSPS) is 16.9. The minimum absolute atomic E-state index is 0.184. The number of hydrogen-bond acceptors (Lipinski definition) is 6. The molecular weight excluding hydrogens is 474 g/mol. The Morgan fingerprint density at radius 2 is 1.53 bits per heavy atom. The molecule has 0 atom stereocenters. The van der Waals surface area contributed by atoms with Crippen LogP contribution in [0.5, 0.6) is 5.75 Å². The first-order valence-electron chi connectivity index (χ1n) is 12.7. The molecular formula is C28H30ClN5O2. The van der Waals surface area contributed by atoms with Crippen molar-refractivity contribution in [1.82, 2.24) is 19.8 Å². The number of benzene rings is 2. The highest BCUT2D eigenvalue weighted by molar-refractivity contribution is 6.31. The third kappa shape index (κ3) is 4.66. The highest BCUT2D eigenvalue weighted by Gasteiger charge is 2.20. The average Bonchev–Trinajstić information content (AvgIpc) is 3.56. The number of fused-ring (bicyclic) bond motifs is 2. The van der Waals surface area contributed by atoms with Gasteiger partial charge >= 0.3 is 0 Å². The number of nitrogens with zero attached hydrogens (tertiary/aromatic N) is 3. The van der Waals surface area contributed by atoms with Gasteiger partial charge in [0.2, 0.25) is 5.56 Å². The quantitative estimate of drug-likeness (QED) is 0.242.